The van der Waals surface area contributed by atoms with Crippen molar-refractivity contribution in [2.24, 2.45) is 5.92 Å². The van der Waals surface area contributed by atoms with Crippen LogP contribution in [0.4, 0.5) is 14.9 Å². The van der Waals surface area contributed by atoms with Gasteiger partial charge in [-0.15, -0.1) is 0 Å². The molecule has 0 bridgehead atoms. The van der Waals surface area contributed by atoms with Crippen LogP contribution in [0.1, 0.15) is 5.56 Å². The average molecular weight is 383 g/mol. The van der Waals surface area contributed by atoms with Crippen LogP contribution in [0, 0.1) is 11.7 Å². The highest BCUT2D eigenvalue weighted by molar-refractivity contribution is 5.90. The number of methoxy groups -OCH3 is 1. The van der Waals surface area contributed by atoms with Gasteiger partial charge in [0.1, 0.15) is 11.9 Å². The van der Waals surface area contributed by atoms with Gasteiger partial charge in [-0.05, 0) is 29.8 Å². The Morgan fingerprint density at radius 3 is 2.54 bits per heavy atom. The van der Waals surface area contributed by atoms with E-state index >= 15 is 0 Å². The molecular weight excluding hydrogens is 361 g/mol. The Bertz CT molecular complexity index is 859. The molecule has 0 saturated carbocycles. The van der Waals surface area contributed by atoms with Crippen molar-refractivity contribution in [3.8, 4) is 0 Å². The van der Waals surface area contributed by atoms with E-state index in [1.165, 1.54) is 31.4 Å². The van der Waals surface area contributed by atoms with E-state index in [0.717, 1.165) is 5.56 Å². The van der Waals surface area contributed by atoms with Gasteiger partial charge in [0.15, 0.2) is 0 Å². The number of urea groups is 1. The van der Waals surface area contributed by atoms with E-state index in [0.29, 0.717) is 25.3 Å². The minimum atomic E-state index is -0.544. The number of fused-ring (bicyclic) bond motifs is 1. The topological polar surface area (TPSA) is 61.9 Å². The standard InChI is InChI=1S/C21H22FN3O3/c1-28-19-17-12-24(21(27)23-16-9-7-15(22)8-10-16)13-18(17)25(20(19)26)11-14-5-3-2-4-6-14/h2-10,17-19H,11-13H2,1H3,(H,23,27)/t17-,18+,19-/m0/s1. The highest BCUT2D eigenvalue weighted by Gasteiger charge is 2.53. The summed E-state index contributed by atoms with van der Waals surface area (Å²) in [6.45, 7) is 1.37. The van der Waals surface area contributed by atoms with E-state index in [1.54, 1.807) is 4.90 Å². The molecule has 2 saturated heterocycles. The van der Waals surface area contributed by atoms with E-state index in [4.69, 9.17) is 4.74 Å². The lowest BCUT2D eigenvalue weighted by atomic mass is 10.0. The van der Waals surface area contributed by atoms with Gasteiger partial charge in [0.25, 0.3) is 5.91 Å². The first kappa shape index (κ1) is 18.4. The number of ether oxygens (including phenoxy) is 1. The first-order valence-electron chi connectivity index (χ1n) is 9.25. The minimum absolute atomic E-state index is 0.0278. The zero-order chi connectivity index (χ0) is 19.7. The van der Waals surface area contributed by atoms with E-state index in [-0.39, 0.29) is 29.7 Å². The number of carbonyl (C=O) groups excluding carboxylic acids is 2. The van der Waals surface area contributed by atoms with E-state index in [9.17, 15) is 14.0 Å². The molecule has 0 radical (unpaired) electrons. The number of carbonyl (C=O) groups is 2. The van der Waals surface area contributed by atoms with Crippen LogP contribution in [0.25, 0.3) is 0 Å². The Morgan fingerprint density at radius 1 is 1.14 bits per heavy atom. The molecule has 2 fully saturated rings. The molecule has 2 aromatic rings. The van der Waals surface area contributed by atoms with Crippen LogP contribution < -0.4 is 5.32 Å². The number of halogens is 1. The lowest BCUT2D eigenvalue weighted by Gasteiger charge is -2.25. The van der Waals surface area contributed by atoms with Crippen molar-refractivity contribution in [3.63, 3.8) is 0 Å². The number of anilines is 1. The van der Waals surface area contributed by atoms with Crippen LogP contribution in [0.2, 0.25) is 0 Å². The molecule has 28 heavy (non-hydrogen) atoms. The van der Waals surface area contributed by atoms with Crippen molar-refractivity contribution in [1.82, 2.24) is 9.80 Å². The molecule has 0 aromatic heterocycles. The summed E-state index contributed by atoms with van der Waals surface area (Å²) in [5.74, 6) is -0.452. The zero-order valence-corrected chi connectivity index (χ0v) is 15.5. The second-order valence-corrected chi connectivity index (χ2v) is 7.18. The van der Waals surface area contributed by atoms with Gasteiger partial charge < -0.3 is 19.9 Å². The van der Waals surface area contributed by atoms with Gasteiger partial charge in [-0.2, -0.15) is 0 Å². The molecule has 2 aliphatic rings. The van der Waals surface area contributed by atoms with Gasteiger partial charge >= 0.3 is 6.03 Å². The predicted octanol–water partition coefficient (Wildman–Crippen LogP) is 2.72. The number of amides is 3. The Balaban J connectivity index is 1.48. The van der Waals surface area contributed by atoms with Crippen molar-refractivity contribution < 1.29 is 18.7 Å². The smallest absolute Gasteiger partial charge is 0.321 e. The summed E-state index contributed by atoms with van der Waals surface area (Å²) in [5.41, 5.74) is 1.57. The molecule has 7 heteroatoms. The predicted molar refractivity (Wildman–Crippen MR) is 102 cm³/mol. The third-order valence-corrected chi connectivity index (χ3v) is 5.48. The number of hydrogen-bond acceptors (Lipinski definition) is 3. The maximum atomic E-state index is 13.0. The quantitative estimate of drug-likeness (QED) is 0.883. The second kappa shape index (κ2) is 7.59. The largest absolute Gasteiger partial charge is 0.371 e. The summed E-state index contributed by atoms with van der Waals surface area (Å²) in [6, 6.07) is 15.1. The lowest BCUT2D eigenvalue weighted by molar-refractivity contribution is -0.138. The van der Waals surface area contributed by atoms with Crippen molar-refractivity contribution in [3.05, 3.63) is 66.0 Å². The first-order valence-corrected chi connectivity index (χ1v) is 9.25. The average Bonchev–Trinajstić information content (AvgIpc) is 3.23. The minimum Gasteiger partial charge on any atom is -0.371 e. The third-order valence-electron chi connectivity index (χ3n) is 5.48. The summed E-state index contributed by atoms with van der Waals surface area (Å²) in [5, 5.41) is 2.79. The number of likely N-dealkylation sites (tertiary alicyclic amines) is 2. The number of rotatable bonds is 4. The number of benzene rings is 2. The molecular formula is C21H22FN3O3. The molecule has 2 aliphatic heterocycles. The molecule has 3 atom stereocenters. The molecule has 2 heterocycles. The molecule has 0 aliphatic carbocycles. The Kier molecular flexibility index (Phi) is 5.00. The fourth-order valence-corrected chi connectivity index (χ4v) is 4.10. The SMILES string of the molecule is CO[C@@H]1C(=O)N(Cc2ccccc2)[C@@H]2CN(C(=O)Nc3ccc(F)cc3)C[C@H]12. The van der Waals surface area contributed by atoms with Crippen LogP contribution in [0.15, 0.2) is 54.6 Å². The normalized spacial score (nSPS) is 23.8. The molecule has 1 N–H and O–H groups in total. The van der Waals surface area contributed by atoms with E-state index < -0.39 is 6.10 Å². The zero-order valence-electron chi connectivity index (χ0n) is 15.5. The first-order chi connectivity index (χ1) is 13.6. The molecule has 3 amide bonds. The molecule has 4 rings (SSSR count). The molecule has 0 spiro atoms. The maximum Gasteiger partial charge on any atom is 0.321 e. The van der Waals surface area contributed by atoms with Gasteiger partial charge in [-0.25, -0.2) is 9.18 Å². The number of hydrogen-bond donors (Lipinski definition) is 1. The second-order valence-electron chi connectivity index (χ2n) is 7.18. The lowest BCUT2D eigenvalue weighted by Crippen LogP contribution is -2.41. The van der Waals surface area contributed by atoms with E-state index in [2.05, 4.69) is 5.32 Å². The highest BCUT2D eigenvalue weighted by atomic mass is 19.1. The summed E-state index contributed by atoms with van der Waals surface area (Å²) < 4.78 is 18.5. The highest BCUT2D eigenvalue weighted by Crippen LogP contribution is 2.35. The van der Waals surface area contributed by atoms with Crippen LogP contribution >= 0.6 is 0 Å². The van der Waals surface area contributed by atoms with Crippen LogP contribution in [-0.4, -0.2) is 54.1 Å². The molecule has 0 unspecified atom stereocenters. The summed E-state index contributed by atoms with van der Waals surface area (Å²) in [6.07, 6.45) is -0.544. The molecule has 2 aromatic carbocycles. The van der Waals surface area contributed by atoms with Gasteiger partial charge in [-0.1, -0.05) is 30.3 Å². The molecule has 146 valence electrons. The van der Waals surface area contributed by atoms with E-state index in [1.807, 2.05) is 35.2 Å². The fraction of sp³-hybridized carbons (Fsp3) is 0.333. The van der Waals surface area contributed by atoms with Crippen LogP contribution in [-0.2, 0) is 16.1 Å². The Labute approximate surface area is 162 Å². The van der Waals surface area contributed by atoms with Gasteiger partial charge in [0.05, 0.1) is 6.04 Å². The number of nitrogens with zero attached hydrogens (tertiary/aromatic N) is 2. The summed E-state index contributed by atoms with van der Waals surface area (Å²) in [4.78, 5) is 29.0. The Hall–Kier alpha value is -2.93. The summed E-state index contributed by atoms with van der Waals surface area (Å²) >= 11 is 0. The number of nitrogens with one attached hydrogen (secondary N) is 1. The van der Waals surface area contributed by atoms with Gasteiger partial charge in [-0.3, -0.25) is 4.79 Å². The summed E-state index contributed by atoms with van der Waals surface area (Å²) in [7, 11) is 1.53. The van der Waals surface area contributed by atoms with Crippen molar-refractivity contribution in [2.75, 3.05) is 25.5 Å². The third kappa shape index (κ3) is 3.45. The van der Waals surface area contributed by atoms with Crippen LogP contribution in [0.5, 0.6) is 0 Å². The van der Waals surface area contributed by atoms with Gasteiger partial charge in [0, 0.05) is 38.3 Å². The van der Waals surface area contributed by atoms with Crippen molar-refractivity contribution in [1.29, 1.82) is 0 Å². The monoisotopic (exact) mass is 383 g/mol. The van der Waals surface area contributed by atoms with Crippen molar-refractivity contribution >= 4 is 17.6 Å². The van der Waals surface area contributed by atoms with Crippen LogP contribution in [0.3, 0.4) is 0 Å². The van der Waals surface area contributed by atoms with Gasteiger partial charge in [0.2, 0.25) is 0 Å². The Morgan fingerprint density at radius 2 is 1.86 bits per heavy atom. The maximum absolute atomic E-state index is 13.0. The molecule has 6 nitrogen and oxygen atoms in total. The fourth-order valence-electron chi connectivity index (χ4n) is 4.10. The van der Waals surface area contributed by atoms with Crippen molar-refractivity contribution in [2.45, 2.75) is 18.7 Å².